The molecule has 2 heterocycles. The average molecular weight is 283 g/mol. The van der Waals surface area contributed by atoms with Gasteiger partial charge in [0.1, 0.15) is 5.82 Å². The van der Waals surface area contributed by atoms with Gasteiger partial charge < -0.3 is 5.32 Å². The Bertz CT molecular complexity index is 636. The van der Waals surface area contributed by atoms with E-state index in [0.717, 1.165) is 30.3 Å². The van der Waals surface area contributed by atoms with Crippen molar-refractivity contribution in [2.45, 2.75) is 33.6 Å². The smallest absolute Gasteiger partial charge is 0.161 e. The molecule has 0 spiro atoms. The molecule has 0 saturated heterocycles. The van der Waals surface area contributed by atoms with Crippen molar-refractivity contribution in [3.63, 3.8) is 0 Å². The topological polar surface area (TPSA) is 66.5 Å². The van der Waals surface area contributed by atoms with E-state index in [9.17, 15) is 0 Å². The van der Waals surface area contributed by atoms with E-state index < -0.39 is 0 Å². The number of pyridine rings is 1. The van der Waals surface area contributed by atoms with Gasteiger partial charge in [-0.15, -0.1) is 0 Å². The van der Waals surface area contributed by atoms with Crippen LogP contribution in [0.5, 0.6) is 0 Å². The Hall–Kier alpha value is -2.35. The van der Waals surface area contributed by atoms with Crippen LogP contribution in [-0.2, 0) is 0 Å². The SMILES string of the molecule is Cc1nccn1-c1ncccc1NCC(C)(C)CCC#N. The largest absolute Gasteiger partial charge is 0.381 e. The molecule has 0 aromatic carbocycles. The molecule has 0 aliphatic carbocycles. The van der Waals surface area contributed by atoms with Gasteiger partial charge in [0.05, 0.1) is 11.8 Å². The molecule has 0 aliphatic rings. The summed E-state index contributed by atoms with van der Waals surface area (Å²) in [5, 5.41) is 12.2. The van der Waals surface area contributed by atoms with Gasteiger partial charge in [0.15, 0.2) is 5.82 Å². The standard InChI is InChI=1S/C16H21N5/c1-13-18-10-11-21(13)15-14(6-4-9-19-15)20-12-16(2,3)7-5-8-17/h4,6,9-11,20H,5,7,12H2,1-3H3. The molecule has 2 aromatic heterocycles. The van der Waals surface area contributed by atoms with Crippen LogP contribution in [0, 0.1) is 23.7 Å². The molecule has 2 aromatic rings. The van der Waals surface area contributed by atoms with E-state index >= 15 is 0 Å². The third-order valence-corrected chi connectivity index (χ3v) is 3.51. The van der Waals surface area contributed by atoms with Crippen LogP contribution in [0.15, 0.2) is 30.7 Å². The molecule has 110 valence electrons. The first-order chi connectivity index (χ1) is 10.0. The zero-order valence-electron chi connectivity index (χ0n) is 12.8. The summed E-state index contributed by atoms with van der Waals surface area (Å²) in [4.78, 5) is 8.70. The van der Waals surface area contributed by atoms with Crippen molar-refractivity contribution < 1.29 is 0 Å². The van der Waals surface area contributed by atoms with Crippen LogP contribution in [0.2, 0.25) is 0 Å². The third kappa shape index (κ3) is 3.82. The van der Waals surface area contributed by atoms with Gasteiger partial charge in [0, 0.05) is 31.6 Å². The summed E-state index contributed by atoms with van der Waals surface area (Å²) in [6, 6.07) is 6.14. The first-order valence-corrected chi connectivity index (χ1v) is 7.10. The highest BCUT2D eigenvalue weighted by atomic mass is 15.1. The minimum absolute atomic E-state index is 0.0623. The second kappa shape index (κ2) is 6.40. The molecule has 0 atom stereocenters. The van der Waals surface area contributed by atoms with Gasteiger partial charge in [0.2, 0.25) is 0 Å². The minimum Gasteiger partial charge on any atom is -0.381 e. The Morgan fingerprint density at radius 2 is 2.14 bits per heavy atom. The van der Waals surface area contributed by atoms with E-state index in [1.54, 1.807) is 12.4 Å². The normalized spacial score (nSPS) is 11.1. The molecule has 2 rings (SSSR count). The molecule has 0 radical (unpaired) electrons. The van der Waals surface area contributed by atoms with Gasteiger partial charge in [-0.2, -0.15) is 5.26 Å². The summed E-state index contributed by atoms with van der Waals surface area (Å²) in [7, 11) is 0. The summed E-state index contributed by atoms with van der Waals surface area (Å²) in [5.41, 5.74) is 1.04. The molecule has 0 amide bonds. The number of aryl methyl sites for hydroxylation is 1. The molecule has 1 N–H and O–H groups in total. The Balaban J connectivity index is 2.15. The lowest BCUT2D eigenvalue weighted by atomic mass is 9.88. The van der Waals surface area contributed by atoms with Crippen molar-refractivity contribution in [1.29, 1.82) is 5.26 Å². The molecular formula is C16H21N5. The highest BCUT2D eigenvalue weighted by Crippen LogP contribution is 2.25. The first-order valence-electron chi connectivity index (χ1n) is 7.10. The maximum Gasteiger partial charge on any atom is 0.161 e. The van der Waals surface area contributed by atoms with E-state index in [4.69, 9.17) is 5.26 Å². The van der Waals surface area contributed by atoms with E-state index in [-0.39, 0.29) is 5.41 Å². The number of nitrogens with one attached hydrogen (secondary N) is 1. The number of hydrogen-bond acceptors (Lipinski definition) is 4. The minimum atomic E-state index is 0.0623. The fourth-order valence-corrected chi connectivity index (χ4v) is 2.15. The van der Waals surface area contributed by atoms with Crippen LogP contribution in [0.1, 0.15) is 32.5 Å². The molecule has 0 saturated carbocycles. The lowest BCUT2D eigenvalue weighted by molar-refractivity contribution is 0.363. The number of nitriles is 1. The first kappa shape index (κ1) is 15.0. The lowest BCUT2D eigenvalue weighted by Crippen LogP contribution is -2.23. The predicted octanol–water partition coefficient (Wildman–Crippen LogP) is 3.32. The number of nitrogens with zero attached hydrogens (tertiary/aromatic N) is 4. The zero-order valence-corrected chi connectivity index (χ0v) is 12.8. The van der Waals surface area contributed by atoms with Crippen LogP contribution in [0.25, 0.3) is 5.82 Å². The highest BCUT2D eigenvalue weighted by molar-refractivity contribution is 5.57. The van der Waals surface area contributed by atoms with E-state index in [0.29, 0.717) is 6.42 Å². The Kier molecular flexibility index (Phi) is 4.59. The quantitative estimate of drug-likeness (QED) is 0.883. The van der Waals surface area contributed by atoms with E-state index in [2.05, 4.69) is 35.2 Å². The number of aromatic nitrogens is 3. The Labute approximate surface area is 125 Å². The van der Waals surface area contributed by atoms with Gasteiger partial charge in [-0.05, 0) is 30.9 Å². The van der Waals surface area contributed by atoms with Gasteiger partial charge >= 0.3 is 0 Å². The van der Waals surface area contributed by atoms with E-state index in [1.165, 1.54) is 0 Å². The molecule has 21 heavy (non-hydrogen) atoms. The average Bonchev–Trinajstić information content (AvgIpc) is 2.89. The maximum atomic E-state index is 8.72. The Morgan fingerprint density at radius 1 is 1.33 bits per heavy atom. The molecular weight excluding hydrogens is 262 g/mol. The summed E-state index contributed by atoms with van der Waals surface area (Å²) in [5.74, 6) is 1.75. The molecule has 5 heteroatoms. The van der Waals surface area contributed by atoms with Crippen molar-refractivity contribution in [1.82, 2.24) is 14.5 Å². The summed E-state index contributed by atoms with van der Waals surface area (Å²) < 4.78 is 1.96. The predicted molar refractivity (Wildman–Crippen MR) is 83.2 cm³/mol. The fraction of sp³-hybridized carbons (Fsp3) is 0.438. The van der Waals surface area contributed by atoms with Gasteiger partial charge in [-0.1, -0.05) is 13.8 Å². The van der Waals surface area contributed by atoms with Crippen molar-refractivity contribution in [2.75, 3.05) is 11.9 Å². The van der Waals surface area contributed by atoms with Gasteiger partial charge in [-0.3, -0.25) is 4.57 Å². The highest BCUT2D eigenvalue weighted by Gasteiger charge is 2.18. The van der Waals surface area contributed by atoms with Crippen LogP contribution >= 0.6 is 0 Å². The number of rotatable bonds is 6. The van der Waals surface area contributed by atoms with Crippen molar-refractivity contribution in [2.24, 2.45) is 5.41 Å². The second-order valence-corrected chi connectivity index (χ2v) is 5.89. The number of hydrogen-bond donors (Lipinski definition) is 1. The van der Waals surface area contributed by atoms with Crippen LogP contribution < -0.4 is 5.32 Å². The van der Waals surface area contributed by atoms with Crippen LogP contribution in [0.3, 0.4) is 0 Å². The molecule has 0 aliphatic heterocycles. The monoisotopic (exact) mass is 283 g/mol. The summed E-state index contributed by atoms with van der Waals surface area (Å²) >= 11 is 0. The summed E-state index contributed by atoms with van der Waals surface area (Å²) in [6.07, 6.45) is 6.90. The third-order valence-electron chi connectivity index (χ3n) is 3.51. The number of imidazole rings is 1. The van der Waals surface area contributed by atoms with Gasteiger partial charge in [0.25, 0.3) is 0 Å². The number of anilines is 1. The fourth-order valence-electron chi connectivity index (χ4n) is 2.15. The summed E-state index contributed by atoms with van der Waals surface area (Å²) in [6.45, 7) is 7.07. The lowest BCUT2D eigenvalue weighted by Gasteiger charge is -2.25. The second-order valence-electron chi connectivity index (χ2n) is 5.89. The van der Waals surface area contributed by atoms with Gasteiger partial charge in [-0.25, -0.2) is 9.97 Å². The molecule has 0 bridgehead atoms. The van der Waals surface area contributed by atoms with Crippen LogP contribution in [0.4, 0.5) is 5.69 Å². The van der Waals surface area contributed by atoms with Crippen molar-refractivity contribution in [3.8, 4) is 11.9 Å². The van der Waals surface area contributed by atoms with Crippen molar-refractivity contribution >= 4 is 5.69 Å². The van der Waals surface area contributed by atoms with Crippen LogP contribution in [-0.4, -0.2) is 21.1 Å². The Morgan fingerprint density at radius 3 is 2.81 bits per heavy atom. The zero-order chi connectivity index (χ0) is 15.3. The molecule has 0 unspecified atom stereocenters. The molecule has 5 nitrogen and oxygen atoms in total. The van der Waals surface area contributed by atoms with Crippen molar-refractivity contribution in [3.05, 3.63) is 36.5 Å². The molecule has 0 fully saturated rings. The van der Waals surface area contributed by atoms with E-state index in [1.807, 2.05) is 29.8 Å². The maximum absolute atomic E-state index is 8.72.